The average molecular weight is 309 g/mol. The summed E-state index contributed by atoms with van der Waals surface area (Å²) < 4.78 is 5.79. The normalized spacial score (nSPS) is 10.4. The van der Waals surface area contributed by atoms with Gasteiger partial charge in [-0.25, -0.2) is 9.97 Å². The summed E-state index contributed by atoms with van der Waals surface area (Å²) in [5, 5.41) is 0.914. The van der Waals surface area contributed by atoms with Gasteiger partial charge in [0.15, 0.2) is 11.6 Å². The molecule has 0 aliphatic carbocycles. The van der Waals surface area contributed by atoms with Crippen LogP contribution >= 0.6 is 11.8 Å². The van der Waals surface area contributed by atoms with Crippen molar-refractivity contribution in [2.75, 3.05) is 5.73 Å². The maximum absolute atomic E-state index is 5.89. The number of nitrogens with zero attached hydrogens (tertiary/aromatic N) is 2. The zero-order chi connectivity index (χ0) is 15.4. The molecule has 4 nitrogen and oxygen atoms in total. The monoisotopic (exact) mass is 309 g/mol. The van der Waals surface area contributed by atoms with Gasteiger partial charge >= 0.3 is 0 Å². The van der Waals surface area contributed by atoms with Crippen molar-refractivity contribution in [3.63, 3.8) is 0 Å². The fourth-order valence-corrected chi connectivity index (χ4v) is 2.73. The van der Waals surface area contributed by atoms with Gasteiger partial charge in [0.1, 0.15) is 10.8 Å². The van der Waals surface area contributed by atoms with E-state index >= 15 is 0 Å². The minimum atomic E-state index is 0.366. The molecule has 0 fully saturated rings. The molecule has 3 rings (SSSR count). The third-order valence-corrected chi connectivity index (χ3v) is 3.81. The van der Waals surface area contributed by atoms with Gasteiger partial charge in [-0.3, -0.25) is 0 Å². The van der Waals surface area contributed by atoms with Crippen molar-refractivity contribution in [3.05, 3.63) is 66.5 Å². The van der Waals surface area contributed by atoms with E-state index in [1.807, 2.05) is 61.5 Å². The summed E-state index contributed by atoms with van der Waals surface area (Å²) in [4.78, 5) is 9.59. The Hall–Kier alpha value is -2.53. The van der Waals surface area contributed by atoms with Crippen molar-refractivity contribution >= 4 is 17.6 Å². The summed E-state index contributed by atoms with van der Waals surface area (Å²) >= 11 is 1.53. The number of nitrogens with two attached hydrogens (primary N) is 1. The summed E-state index contributed by atoms with van der Waals surface area (Å²) in [6, 6.07) is 17.3. The van der Waals surface area contributed by atoms with Crippen molar-refractivity contribution in [1.82, 2.24) is 9.97 Å². The van der Waals surface area contributed by atoms with Gasteiger partial charge in [0.05, 0.1) is 0 Å². The Labute approximate surface area is 133 Å². The number of nitrogen functional groups attached to an aromatic ring is 1. The van der Waals surface area contributed by atoms with Gasteiger partial charge in [-0.2, -0.15) is 0 Å². The number of aromatic nitrogens is 2. The molecule has 5 heteroatoms. The number of anilines is 1. The Bertz CT molecular complexity index is 778. The molecule has 0 bridgehead atoms. The van der Waals surface area contributed by atoms with E-state index in [0.29, 0.717) is 11.6 Å². The highest BCUT2D eigenvalue weighted by Gasteiger charge is 2.07. The fourth-order valence-electron chi connectivity index (χ4n) is 1.89. The third kappa shape index (κ3) is 3.56. The zero-order valence-corrected chi connectivity index (χ0v) is 12.9. The molecule has 1 aromatic carbocycles. The topological polar surface area (TPSA) is 61.0 Å². The number of aryl methyl sites for hydroxylation is 1. The number of rotatable bonds is 4. The molecule has 0 saturated carbocycles. The van der Waals surface area contributed by atoms with E-state index in [0.717, 1.165) is 21.4 Å². The van der Waals surface area contributed by atoms with Crippen molar-refractivity contribution in [1.29, 1.82) is 0 Å². The molecule has 2 N–H and O–H groups in total. The van der Waals surface area contributed by atoms with Crippen LogP contribution in [0.15, 0.2) is 70.7 Å². The quantitative estimate of drug-likeness (QED) is 0.778. The highest BCUT2D eigenvalue weighted by atomic mass is 32.2. The molecule has 2 aromatic heterocycles. The molecular formula is C17H15N3OS. The number of hydrogen-bond acceptors (Lipinski definition) is 5. The SMILES string of the molecule is Cc1cccc(Sc2cnc(N)c(Oc3ccccc3)c2)n1. The Balaban J connectivity index is 1.83. The fraction of sp³-hybridized carbons (Fsp3) is 0.0588. The maximum Gasteiger partial charge on any atom is 0.170 e. The Morgan fingerprint density at radius 1 is 1.05 bits per heavy atom. The number of para-hydroxylation sites is 1. The summed E-state index contributed by atoms with van der Waals surface area (Å²) in [6.07, 6.45) is 1.72. The number of hydrogen-bond donors (Lipinski definition) is 1. The van der Waals surface area contributed by atoms with Gasteiger partial charge in [-0.15, -0.1) is 0 Å². The van der Waals surface area contributed by atoms with E-state index in [4.69, 9.17) is 10.5 Å². The van der Waals surface area contributed by atoms with Crippen LogP contribution in [0.3, 0.4) is 0 Å². The molecule has 0 aliphatic heterocycles. The predicted octanol–water partition coefficient (Wildman–Crippen LogP) is 4.31. The van der Waals surface area contributed by atoms with Crippen molar-refractivity contribution < 1.29 is 4.74 Å². The molecule has 0 amide bonds. The van der Waals surface area contributed by atoms with Crippen LogP contribution in [-0.4, -0.2) is 9.97 Å². The van der Waals surface area contributed by atoms with Crippen molar-refractivity contribution in [2.24, 2.45) is 0 Å². The van der Waals surface area contributed by atoms with Crippen LogP contribution in [0.2, 0.25) is 0 Å². The molecular weight excluding hydrogens is 294 g/mol. The third-order valence-electron chi connectivity index (χ3n) is 2.91. The van der Waals surface area contributed by atoms with Crippen LogP contribution in [0.5, 0.6) is 11.5 Å². The van der Waals surface area contributed by atoms with Gasteiger partial charge in [0, 0.05) is 22.9 Å². The second kappa shape index (κ2) is 6.49. The Kier molecular flexibility index (Phi) is 4.25. The molecule has 0 radical (unpaired) electrons. The van der Waals surface area contributed by atoms with Gasteiger partial charge in [0.2, 0.25) is 0 Å². The number of pyridine rings is 2. The molecule has 3 aromatic rings. The first kappa shape index (κ1) is 14.4. The molecule has 110 valence electrons. The first-order chi connectivity index (χ1) is 10.7. The Morgan fingerprint density at radius 3 is 2.64 bits per heavy atom. The van der Waals surface area contributed by atoms with Crippen molar-refractivity contribution in [3.8, 4) is 11.5 Å². The molecule has 0 saturated heterocycles. The van der Waals surface area contributed by atoms with E-state index in [1.54, 1.807) is 6.20 Å². The highest BCUT2D eigenvalue weighted by molar-refractivity contribution is 7.99. The minimum absolute atomic E-state index is 0.366. The molecule has 2 heterocycles. The minimum Gasteiger partial charge on any atom is -0.453 e. The molecule has 22 heavy (non-hydrogen) atoms. The van der Waals surface area contributed by atoms with Crippen LogP contribution < -0.4 is 10.5 Å². The van der Waals surface area contributed by atoms with E-state index in [-0.39, 0.29) is 0 Å². The zero-order valence-electron chi connectivity index (χ0n) is 12.1. The van der Waals surface area contributed by atoms with E-state index < -0.39 is 0 Å². The van der Waals surface area contributed by atoms with Crippen LogP contribution in [0.25, 0.3) is 0 Å². The summed E-state index contributed by atoms with van der Waals surface area (Å²) in [7, 11) is 0. The van der Waals surface area contributed by atoms with Gasteiger partial charge in [-0.05, 0) is 31.2 Å². The number of ether oxygens (including phenoxy) is 1. The van der Waals surface area contributed by atoms with E-state index in [9.17, 15) is 0 Å². The lowest BCUT2D eigenvalue weighted by molar-refractivity contribution is 0.481. The highest BCUT2D eigenvalue weighted by Crippen LogP contribution is 2.32. The van der Waals surface area contributed by atoms with Crippen LogP contribution in [0.4, 0.5) is 5.82 Å². The van der Waals surface area contributed by atoms with Gasteiger partial charge in [0.25, 0.3) is 0 Å². The first-order valence-corrected chi connectivity index (χ1v) is 7.62. The summed E-state index contributed by atoms with van der Waals surface area (Å²) in [5.41, 5.74) is 6.87. The molecule has 0 atom stereocenters. The lowest BCUT2D eigenvalue weighted by Gasteiger charge is -2.09. The molecule has 0 unspecified atom stereocenters. The summed E-state index contributed by atoms with van der Waals surface area (Å²) in [5.74, 6) is 1.64. The molecule has 0 aliphatic rings. The predicted molar refractivity (Wildman–Crippen MR) is 88.3 cm³/mol. The maximum atomic E-state index is 5.89. The second-order valence-corrected chi connectivity index (χ2v) is 5.78. The second-order valence-electron chi connectivity index (χ2n) is 4.69. The summed E-state index contributed by atoms with van der Waals surface area (Å²) in [6.45, 7) is 1.97. The Morgan fingerprint density at radius 2 is 1.86 bits per heavy atom. The van der Waals surface area contributed by atoms with Crippen LogP contribution in [-0.2, 0) is 0 Å². The largest absolute Gasteiger partial charge is 0.453 e. The lowest BCUT2D eigenvalue weighted by Crippen LogP contribution is -1.95. The smallest absolute Gasteiger partial charge is 0.170 e. The lowest BCUT2D eigenvalue weighted by atomic mass is 10.3. The first-order valence-electron chi connectivity index (χ1n) is 6.80. The van der Waals surface area contributed by atoms with Crippen molar-refractivity contribution in [2.45, 2.75) is 16.8 Å². The average Bonchev–Trinajstić information content (AvgIpc) is 2.52. The van der Waals surface area contributed by atoms with E-state index in [2.05, 4.69) is 9.97 Å². The van der Waals surface area contributed by atoms with Crippen LogP contribution in [0.1, 0.15) is 5.69 Å². The molecule has 0 spiro atoms. The van der Waals surface area contributed by atoms with Crippen LogP contribution in [0, 0.1) is 6.92 Å². The van der Waals surface area contributed by atoms with E-state index in [1.165, 1.54) is 11.8 Å². The van der Waals surface area contributed by atoms with Gasteiger partial charge in [-0.1, -0.05) is 36.0 Å². The van der Waals surface area contributed by atoms with Gasteiger partial charge < -0.3 is 10.5 Å². The number of benzene rings is 1. The standard InChI is InChI=1S/C17H15N3OS/c1-12-6-5-9-16(20-12)22-14-10-15(17(18)19-11-14)21-13-7-3-2-4-8-13/h2-11H,1H3,(H2,18,19).